The molecule has 0 fully saturated rings. The van der Waals surface area contributed by atoms with Crippen LogP contribution in [-0.4, -0.2) is 22.3 Å². The summed E-state index contributed by atoms with van der Waals surface area (Å²) in [7, 11) is 0. The maximum Gasteiger partial charge on any atom is 0.167 e. The first-order valence-corrected chi connectivity index (χ1v) is 12.1. The van der Waals surface area contributed by atoms with Gasteiger partial charge in [0.15, 0.2) is 11.6 Å². The molecule has 0 saturated carbocycles. The van der Waals surface area contributed by atoms with Gasteiger partial charge in [0.1, 0.15) is 5.82 Å². The highest BCUT2D eigenvalue weighted by atomic mass is 35.5. The summed E-state index contributed by atoms with van der Waals surface area (Å²) in [6, 6.07) is 3.82. The Balaban J connectivity index is 2.48. The molecule has 0 bridgehead atoms. The van der Waals surface area contributed by atoms with Gasteiger partial charge in [0.2, 0.25) is 0 Å². The van der Waals surface area contributed by atoms with Crippen LogP contribution in [0.25, 0.3) is 11.4 Å². The average Bonchev–Trinajstić information content (AvgIpc) is 2.76. The predicted molar refractivity (Wildman–Crippen MR) is 140 cm³/mol. The summed E-state index contributed by atoms with van der Waals surface area (Å²) in [6.45, 7) is 19.1. The molecule has 0 atom stereocenters. The molecule has 0 aliphatic carbocycles. The third-order valence-corrected chi connectivity index (χ3v) is 6.30. The SMILES string of the molecule is C=C(/C=C(/C)NCCC)Nc1nc(-c2ccc(C)c(C(=O)C(CC)CC)c2Cl)nc(C)c1C. The van der Waals surface area contributed by atoms with E-state index in [1.807, 2.05) is 59.8 Å². The number of aromatic nitrogens is 2. The lowest BCUT2D eigenvalue weighted by Crippen LogP contribution is -2.15. The molecule has 33 heavy (non-hydrogen) atoms. The molecule has 2 N–H and O–H groups in total. The lowest BCUT2D eigenvalue weighted by atomic mass is 9.89. The van der Waals surface area contributed by atoms with Gasteiger partial charge in [-0.15, -0.1) is 0 Å². The number of rotatable bonds is 11. The molecule has 0 aliphatic heterocycles. The van der Waals surface area contributed by atoms with E-state index in [1.165, 1.54) is 0 Å². The number of benzene rings is 1. The number of anilines is 1. The Hall–Kier alpha value is -2.66. The van der Waals surface area contributed by atoms with Crippen LogP contribution >= 0.6 is 11.6 Å². The molecule has 5 nitrogen and oxygen atoms in total. The summed E-state index contributed by atoms with van der Waals surface area (Å²) in [6.07, 6.45) is 4.58. The maximum absolute atomic E-state index is 13.2. The average molecular weight is 469 g/mol. The molecule has 1 aromatic carbocycles. The van der Waals surface area contributed by atoms with Crippen molar-refractivity contribution in [3.8, 4) is 11.4 Å². The summed E-state index contributed by atoms with van der Waals surface area (Å²) < 4.78 is 0. The fourth-order valence-electron chi connectivity index (χ4n) is 3.71. The number of carbonyl (C=O) groups excluding carboxylic acids is 1. The second-order valence-corrected chi connectivity index (χ2v) is 8.89. The number of nitrogens with one attached hydrogen (secondary N) is 2. The second-order valence-electron chi connectivity index (χ2n) is 8.51. The van der Waals surface area contributed by atoms with Gasteiger partial charge in [-0.05, 0) is 64.7 Å². The van der Waals surface area contributed by atoms with E-state index in [9.17, 15) is 4.79 Å². The van der Waals surface area contributed by atoms with Crippen LogP contribution in [0.5, 0.6) is 0 Å². The van der Waals surface area contributed by atoms with Crippen molar-refractivity contribution < 1.29 is 4.79 Å². The standard InChI is InChI=1S/C27H37ClN4O/c1-9-14-29-17(5)15-18(6)30-26-19(7)20(8)31-27(32-26)22-13-12-16(4)23(24(22)28)25(33)21(10-2)11-3/h12-13,15,21,29H,6,9-11,14H2,1-5,7-8H3,(H,30,31,32)/b17-15-. The van der Waals surface area contributed by atoms with Crippen molar-refractivity contribution in [3.05, 3.63) is 63.6 Å². The van der Waals surface area contributed by atoms with Gasteiger partial charge in [-0.1, -0.05) is 45.0 Å². The summed E-state index contributed by atoms with van der Waals surface area (Å²) in [5, 5.41) is 7.06. The summed E-state index contributed by atoms with van der Waals surface area (Å²) >= 11 is 6.81. The first-order valence-electron chi connectivity index (χ1n) is 11.7. The van der Waals surface area contributed by atoms with E-state index in [2.05, 4.69) is 29.1 Å². The molecule has 6 heteroatoms. The van der Waals surface area contributed by atoms with E-state index in [1.54, 1.807) is 0 Å². The Morgan fingerprint density at radius 3 is 2.42 bits per heavy atom. The highest BCUT2D eigenvalue weighted by Gasteiger charge is 2.24. The second kappa shape index (κ2) is 12.0. The molecule has 2 aromatic rings. The van der Waals surface area contributed by atoms with E-state index in [-0.39, 0.29) is 11.7 Å². The van der Waals surface area contributed by atoms with Crippen LogP contribution in [0.15, 0.2) is 36.2 Å². The monoisotopic (exact) mass is 468 g/mol. The van der Waals surface area contributed by atoms with Crippen LogP contribution in [0.4, 0.5) is 5.82 Å². The van der Waals surface area contributed by atoms with Crippen molar-refractivity contribution in [2.45, 2.75) is 67.7 Å². The van der Waals surface area contributed by atoms with Crippen molar-refractivity contribution in [2.75, 3.05) is 11.9 Å². The largest absolute Gasteiger partial charge is 0.389 e. The zero-order chi connectivity index (χ0) is 24.7. The van der Waals surface area contributed by atoms with E-state index < -0.39 is 0 Å². The van der Waals surface area contributed by atoms with Crippen LogP contribution in [0, 0.1) is 26.7 Å². The first kappa shape index (κ1) is 26.6. The third-order valence-electron chi connectivity index (χ3n) is 5.91. The minimum absolute atomic E-state index is 0.0472. The number of hydrogen-bond donors (Lipinski definition) is 2. The van der Waals surface area contributed by atoms with Crippen molar-refractivity contribution in [3.63, 3.8) is 0 Å². The van der Waals surface area contributed by atoms with E-state index in [4.69, 9.17) is 16.6 Å². The fourth-order valence-corrected chi connectivity index (χ4v) is 4.09. The molecular formula is C27H37ClN4O. The Morgan fingerprint density at radius 2 is 1.82 bits per heavy atom. The number of hydrogen-bond acceptors (Lipinski definition) is 5. The fraction of sp³-hybridized carbons (Fsp3) is 0.444. The molecule has 0 aliphatic rings. The number of aryl methyl sites for hydroxylation is 2. The van der Waals surface area contributed by atoms with E-state index >= 15 is 0 Å². The third kappa shape index (κ3) is 6.44. The zero-order valence-electron chi connectivity index (χ0n) is 21.0. The molecular weight excluding hydrogens is 432 g/mol. The smallest absolute Gasteiger partial charge is 0.167 e. The van der Waals surface area contributed by atoms with Crippen LogP contribution in [-0.2, 0) is 0 Å². The van der Waals surface area contributed by atoms with Crippen LogP contribution in [0.1, 0.15) is 74.1 Å². The number of nitrogens with zero attached hydrogens (tertiary/aromatic N) is 2. The van der Waals surface area contributed by atoms with Crippen molar-refractivity contribution >= 4 is 23.2 Å². The Morgan fingerprint density at radius 1 is 1.15 bits per heavy atom. The minimum atomic E-state index is -0.0472. The minimum Gasteiger partial charge on any atom is -0.389 e. The highest BCUT2D eigenvalue weighted by molar-refractivity contribution is 6.36. The van der Waals surface area contributed by atoms with E-state index in [0.717, 1.165) is 54.0 Å². The molecule has 178 valence electrons. The molecule has 0 saturated heterocycles. The molecule has 2 rings (SSSR count). The summed E-state index contributed by atoms with van der Waals surface area (Å²) in [5.41, 5.74) is 5.63. The highest BCUT2D eigenvalue weighted by Crippen LogP contribution is 2.34. The quantitative estimate of drug-likeness (QED) is 0.270. The number of ketones is 1. The van der Waals surface area contributed by atoms with Gasteiger partial charge < -0.3 is 10.6 Å². The molecule has 1 heterocycles. The topological polar surface area (TPSA) is 66.9 Å². The molecule has 0 amide bonds. The molecule has 1 aromatic heterocycles. The van der Waals surface area contributed by atoms with Crippen molar-refractivity contribution in [2.24, 2.45) is 5.92 Å². The van der Waals surface area contributed by atoms with Crippen molar-refractivity contribution in [1.82, 2.24) is 15.3 Å². The molecule has 0 unspecified atom stereocenters. The van der Waals surface area contributed by atoms with Gasteiger partial charge in [0.05, 0.1) is 5.02 Å². The first-order chi connectivity index (χ1) is 15.6. The Kier molecular flexibility index (Phi) is 9.66. The summed E-state index contributed by atoms with van der Waals surface area (Å²) in [5.74, 6) is 1.20. The Labute approximate surface area is 203 Å². The molecule has 0 spiro atoms. The zero-order valence-corrected chi connectivity index (χ0v) is 21.8. The normalized spacial score (nSPS) is 11.6. The Bertz CT molecular complexity index is 1050. The van der Waals surface area contributed by atoms with E-state index in [0.29, 0.717) is 27.8 Å². The molecule has 0 radical (unpaired) electrons. The van der Waals surface area contributed by atoms with Gasteiger partial charge in [0, 0.05) is 46.2 Å². The number of halogens is 1. The van der Waals surface area contributed by atoms with Gasteiger partial charge in [-0.2, -0.15) is 0 Å². The van der Waals surface area contributed by atoms with Gasteiger partial charge >= 0.3 is 0 Å². The van der Waals surface area contributed by atoms with Crippen molar-refractivity contribution in [1.29, 1.82) is 0 Å². The van der Waals surface area contributed by atoms with Gasteiger partial charge in [-0.25, -0.2) is 9.97 Å². The number of Topliss-reactive ketones (excluding diaryl/α,β-unsaturated/α-hetero) is 1. The maximum atomic E-state index is 13.2. The van der Waals surface area contributed by atoms with Crippen LogP contribution < -0.4 is 10.6 Å². The number of carbonyl (C=O) groups is 1. The lowest BCUT2D eigenvalue weighted by molar-refractivity contribution is 0.0913. The summed E-state index contributed by atoms with van der Waals surface area (Å²) in [4.78, 5) is 22.6. The van der Waals surface area contributed by atoms with Crippen LogP contribution in [0.3, 0.4) is 0 Å². The van der Waals surface area contributed by atoms with Gasteiger partial charge in [-0.3, -0.25) is 4.79 Å². The lowest BCUT2D eigenvalue weighted by Gasteiger charge is -2.17. The predicted octanol–water partition coefficient (Wildman–Crippen LogP) is 7.17. The van der Waals surface area contributed by atoms with Crippen LogP contribution in [0.2, 0.25) is 5.02 Å². The van der Waals surface area contributed by atoms with Gasteiger partial charge in [0.25, 0.3) is 0 Å². The number of allylic oxidation sites excluding steroid dienone is 2.